The molecule has 1 atom stereocenters. The number of carbonyl (C=O) groups is 2. The monoisotopic (exact) mass is 265 g/mol. The van der Waals surface area contributed by atoms with Gasteiger partial charge in [0.15, 0.2) is 11.5 Å². The molecule has 0 radical (unpaired) electrons. The molecule has 0 aliphatic heterocycles. The molecule has 1 rings (SSSR count). The summed E-state index contributed by atoms with van der Waals surface area (Å²) < 4.78 is 10.4. The summed E-state index contributed by atoms with van der Waals surface area (Å²) in [5, 5.41) is 2.66. The van der Waals surface area contributed by atoms with Gasteiger partial charge in [0.2, 0.25) is 6.41 Å². The minimum Gasteiger partial charge on any atom is -0.493 e. The standard InChI is InChI=1S/C14H19NO4/c1-4-11(17)8-12(15-9-16)10-5-6-13(18-2)14(7-10)19-3/h5-7,9,12H,4,8H2,1-3H3,(H,15,16). The van der Waals surface area contributed by atoms with E-state index in [1.54, 1.807) is 33.3 Å². The van der Waals surface area contributed by atoms with Gasteiger partial charge in [0.05, 0.1) is 20.3 Å². The molecule has 1 unspecified atom stereocenters. The number of amides is 1. The van der Waals surface area contributed by atoms with Gasteiger partial charge in [-0.1, -0.05) is 13.0 Å². The zero-order chi connectivity index (χ0) is 14.3. The molecule has 1 amide bonds. The van der Waals surface area contributed by atoms with Crippen molar-refractivity contribution in [1.29, 1.82) is 0 Å². The van der Waals surface area contributed by atoms with E-state index in [4.69, 9.17) is 9.47 Å². The van der Waals surface area contributed by atoms with Gasteiger partial charge in [-0.15, -0.1) is 0 Å². The Morgan fingerprint density at radius 2 is 2.00 bits per heavy atom. The summed E-state index contributed by atoms with van der Waals surface area (Å²) in [4.78, 5) is 22.2. The smallest absolute Gasteiger partial charge is 0.207 e. The van der Waals surface area contributed by atoms with Crippen molar-refractivity contribution in [1.82, 2.24) is 5.32 Å². The Morgan fingerprint density at radius 3 is 2.53 bits per heavy atom. The quantitative estimate of drug-likeness (QED) is 0.729. The Balaban J connectivity index is 3.01. The first-order valence-corrected chi connectivity index (χ1v) is 6.09. The Morgan fingerprint density at radius 1 is 1.32 bits per heavy atom. The van der Waals surface area contributed by atoms with Crippen LogP contribution in [0.1, 0.15) is 31.4 Å². The molecule has 1 aromatic rings. The van der Waals surface area contributed by atoms with E-state index in [9.17, 15) is 9.59 Å². The third kappa shape index (κ3) is 3.98. The van der Waals surface area contributed by atoms with E-state index >= 15 is 0 Å². The lowest BCUT2D eigenvalue weighted by Gasteiger charge is -2.17. The highest BCUT2D eigenvalue weighted by atomic mass is 16.5. The van der Waals surface area contributed by atoms with Crippen molar-refractivity contribution in [2.24, 2.45) is 0 Å². The van der Waals surface area contributed by atoms with Crippen molar-refractivity contribution < 1.29 is 19.1 Å². The van der Waals surface area contributed by atoms with Crippen molar-refractivity contribution in [3.63, 3.8) is 0 Å². The van der Waals surface area contributed by atoms with Crippen LogP contribution < -0.4 is 14.8 Å². The zero-order valence-corrected chi connectivity index (χ0v) is 11.4. The summed E-state index contributed by atoms with van der Waals surface area (Å²) in [6.45, 7) is 1.80. The number of nitrogens with one attached hydrogen (secondary N) is 1. The maximum absolute atomic E-state index is 11.5. The van der Waals surface area contributed by atoms with Crippen LogP contribution in [0, 0.1) is 0 Å². The summed E-state index contributed by atoms with van der Waals surface area (Å²) >= 11 is 0. The van der Waals surface area contributed by atoms with E-state index in [1.165, 1.54) is 0 Å². The zero-order valence-electron chi connectivity index (χ0n) is 11.4. The van der Waals surface area contributed by atoms with Crippen molar-refractivity contribution in [3.8, 4) is 11.5 Å². The number of rotatable bonds is 8. The van der Waals surface area contributed by atoms with Crippen molar-refractivity contribution in [2.45, 2.75) is 25.8 Å². The molecule has 19 heavy (non-hydrogen) atoms. The molecule has 0 saturated heterocycles. The van der Waals surface area contributed by atoms with Crippen LogP contribution in [0.25, 0.3) is 0 Å². The number of ether oxygens (including phenoxy) is 2. The molecule has 1 aromatic carbocycles. The minimum atomic E-state index is -0.343. The predicted molar refractivity (Wildman–Crippen MR) is 71.4 cm³/mol. The van der Waals surface area contributed by atoms with Crippen LogP contribution in [-0.2, 0) is 9.59 Å². The largest absolute Gasteiger partial charge is 0.493 e. The van der Waals surface area contributed by atoms with Crippen molar-refractivity contribution >= 4 is 12.2 Å². The van der Waals surface area contributed by atoms with E-state index in [-0.39, 0.29) is 18.2 Å². The fraction of sp³-hybridized carbons (Fsp3) is 0.429. The third-order valence-electron chi connectivity index (χ3n) is 2.91. The average Bonchev–Trinajstić information content (AvgIpc) is 2.45. The summed E-state index contributed by atoms with van der Waals surface area (Å²) in [6, 6.07) is 4.99. The summed E-state index contributed by atoms with van der Waals surface area (Å²) in [5.74, 6) is 1.27. The average molecular weight is 265 g/mol. The van der Waals surface area contributed by atoms with E-state index < -0.39 is 0 Å². The number of hydrogen-bond donors (Lipinski definition) is 1. The van der Waals surface area contributed by atoms with Crippen molar-refractivity contribution in [2.75, 3.05) is 14.2 Å². The number of ketones is 1. The lowest BCUT2D eigenvalue weighted by atomic mass is 10.00. The lowest BCUT2D eigenvalue weighted by molar-refractivity contribution is -0.119. The summed E-state index contributed by atoms with van der Waals surface area (Å²) in [6.07, 6.45) is 1.32. The highest BCUT2D eigenvalue weighted by Crippen LogP contribution is 2.30. The van der Waals surface area contributed by atoms with Gasteiger partial charge >= 0.3 is 0 Å². The molecule has 0 aliphatic rings. The van der Waals surface area contributed by atoms with Crippen LogP contribution in [0.5, 0.6) is 11.5 Å². The number of Topliss-reactive ketones (excluding diaryl/α,β-unsaturated/α-hetero) is 1. The van der Waals surface area contributed by atoms with E-state index in [1.807, 2.05) is 6.07 Å². The van der Waals surface area contributed by atoms with Gasteiger partial charge in [0.1, 0.15) is 5.78 Å². The highest BCUT2D eigenvalue weighted by Gasteiger charge is 2.16. The number of benzene rings is 1. The molecule has 0 aliphatic carbocycles. The molecular weight excluding hydrogens is 246 g/mol. The Hall–Kier alpha value is -2.04. The highest BCUT2D eigenvalue weighted by molar-refractivity contribution is 5.79. The molecule has 0 fully saturated rings. The minimum absolute atomic E-state index is 0.0918. The number of methoxy groups -OCH3 is 2. The summed E-state index contributed by atoms with van der Waals surface area (Å²) in [5.41, 5.74) is 0.812. The van der Waals surface area contributed by atoms with Gasteiger partial charge < -0.3 is 14.8 Å². The Kier molecular flexibility index (Phi) is 5.85. The Bertz CT molecular complexity index is 445. The maximum Gasteiger partial charge on any atom is 0.207 e. The fourth-order valence-electron chi connectivity index (χ4n) is 1.80. The first-order chi connectivity index (χ1) is 9.15. The molecule has 0 aromatic heterocycles. The van der Waals surface area contributed by atoms with E-state index in [0.29, 0.717) is 24.3 Å². The number of hydrogen-bond acceptors (Lipinski definition) is 4. The van der Waals surface area contributed by atoms with Gasteiger partial charge in [-0.05, 0) is 17.7 Å². The predicted octanol–water partition coefficient (Wildman–Crippen LogP) is 1.86. The Labute approximate surface area is 112 Å². The van der Waals surface area contributed by atoms with Gasteiger partial charge in [-0.3, -0.25) is 9.59 Å². The van der Waals surface area contributed by atoms with Crippen LogP contribution >= 0.6 is 0 Å². The molecule has 104 valence electrons. The molecule has 1 N–H and O–H groups in total. The van der Waals surface area contributed by atoms with Gasteiger partial charge in [0.25, 0.3) is 0 Å². The summed E-state index contributed by atoms with van der Waals surface area (Å²) in [7, 11) is 3.10. The molecule has 5 heteroatoms. The fourth-order valence-corrected chi connectivity index (χ4v) is 1.80. The topological polar surface area (TPSA) is 64.6 Å². The van der Waals surface area contributed by atoms with E-state index in [2.05, 4.69) is 5.32 Å². The van der Waals surface area contributed by atoms with Crippen LogP contribution in [0.4, 0.5) is 0 Å². The van der Waals surface area contributed by atoms with Gasteiger partial charge in [-0.25, -0.2) is 0 Å². The number of carbonyl (C=O) groups excluding carboxylic acids is 2. The second-order valence-electron chi connectivity index (χ2n) is 4.05. The van der Waals surface area contributed by atoms with Crippen LogP contribution in [-0.4, -0.2) is 26.4 Å². The molecular formula is C14H19NO4. The van der Waals surface area contributed by atoms with Crippen LogP contribution in [0.2, 0.25) is 0 Å². The molecule has 0 saturated carbocycles. The first kappa shape index (κ1) is 15.0. The molecule has 0 bridgehead atoms. The van der Waals surface area contributed by atoms with E-state index in [0.717, 1.165) is 5.56 Å². The second-order valence-corrected chi connectivity index (χ2v) is 4.05. The molecule has 0 spiro atoms. The molecule has 0 heterocycles. The third-order valence-corrected chi connectivity index (χ3v) is 2.91. The lowest BCUT2D eigenvalue weighted by Crippen LogP contribution is -2.22. The first-order valence-electron chi connectivity index (χ1n) is 6.09. The maximum atomic E-state index is 11.5. The molecule has 5 nitrogen and oxygen atoms in total. The normalized spacial score (nSPS) is 11.5. The van der Waals surface area contributed by atoms with Crippen LogP contribution in [0.3, 0.4) is 0 Å². The van der Waals surface area contributed by atoms with Crippen LogP contribution in [0.15, 0.2) is 18.2 Å². The van der Waals surface area contributed by atoms with Crippen molar-refractivity contribution in [3.05, 3.63) is 23.8 Å². The van der Waals surface area contributed by atoms with Gasteiger partial charge in [0, 0.05) is 12.8 Å². The van der Waals surface area contributed by atoms with Gasteiger partial charge in [-0.2, -0.15) is 0 Å². The SMILES string of the molecule is CCC(=O)CC(NC=O)c1ccc(OC)c(OC)c1. The second kappa shape index (κ2) is 7.41.